The van der Waals surface area contributed by atoms with Crippen molar-refractivity contribution in [3.8, 4) is 0 Å². The maximum atomic E-state index is 12.3. The number of nitrogens with one attached hydrogen (secondary N) is 1. The molecule has 0 aromatic heterocycles. The number of benzene rings is 2. The second-order valence-corrected chi connectivity index (χ2v) is 5.11. The quantitative estimate of drug-likeness (QED) is 0.748. The summed E-state index contributed by atoms with van der Waals surface area (Å²) < 4.78 is 12.3. The van der Waals surface area contributed by atoms with E-state index >= 15 is 0 Å². The minimum atomic E-state index is -0.306. The van der Waals surface area contributed by atoms with Gasteiger partial charge in [-0.1, -0.05) is 68.5 Å². The molecule has 2 nitrogen and oxygen atoms in total. The van der Waals surface area contributed by atoms with Crippen LogP contribution in [-0.4, -0.2) is 5.91 Å². The lowest BCUT2D eigenvalue weighted by atomic mass is 10.3. The molecule has 1 aliphatic carbocycles. The van der Waals surface area contributed by atoms with E-state index in [1.165, 1.54) is 63.3 Å². The summed E-state index contributed by atoms with van der Waals surface area (Å²) in [6.45, 7) is 1.41. The van der Waals surface area contributed by atoms with Gasteiger partial charge in [0.15, 0.2) is 0 Å². The molecule has 2 aromatic rings. The molecule has 3 heteroatoms. The molecule has 1 N–H and O–H groups in total. The number of rotatable bonds is 1. The molecule has 0 spiro atoms. The second kappa shape index (κ2) is 11.5. The number of hydrogen-bond donors (Lipinski definition) is 1. The lowest BCUT2D eigenvalue weighted by molar-refractivity contribution is -0.114. The van der Waals surface area contributed by atoms with E-state index in [9.17, 15) is 9.18 Å². The fraction of sp³-hybridized carbons (Fsp3) is 0.316. The highest BCUT2D eigenvalue weighted by atomic mass is 19.1. The number of halogens is 1. The van der Waals surface area contributed by atoms with Crippen molar-refractivity contribution in [2.75, 3.05) is 5.32 Å². The fourth-order valence-electron chi connectivity index (χ4n) is 2.01. The molecule has 118 valence electrons. The predicted molar refractivity (Wildman–Crippen MR) is 90.2 cm³/mol. The Kier molecular flexibility index (Phi) is 9.35. The molecule has 1 aliphatic rings. The van der Waals surface area contributed by atoms with Crippen molar-refractivity contribution >= 4 is 11.6 Å². The van der Waals surface area contributed by atoms with Crippen LogP contribution in [0.2, 0.25) is 0 Å². The average Bonchev–Trinajstić information content (AvgIpc) is 3.11. The van der Waals surface area contributed by atoms with E-state index in [4.69, 9.17) is 0 Å². The summed E-state index contributed by atoms with van der Waals surface area (Å²) in [4.78, 5) is 10.5. The third-order valence-electron chi connectivity index (χ3n) is 3.08. The normalized spacial score (nSPS) is 12.3. The topological polar surface area (TPSA) is 29.1 Å². The Labute approximate surface area is 132 Å². The summed E-state index contributed by atoms with van der Waals surface area (Å²) >= 11 is 0. The summed E-state index contributed by atoms with van der Waals surface area (Å²) in [5.74, 6) is -0.462. The van der Waals surface area contributed by atoms with Gasteiger partial charge in [-0.3, -0.25) is 4.79 Å². The van der Waals surface area contributed by atoms with Crippen molar-refractivity contribution < 1.29 is 9.18 Å². The van der Waals surface area contributed by atoms with Gasteiger partial charge in [0.2, 0.25) is 5.91 Å². The Morgan fingerprint density at radius 3 is 1.50 bits per heavy atom. The van der Waals surface area contributed by atoms with Gasteiger partial charge in [-0.15, -0.1) is 0 Å². The van der Waals surface area contributed by atoms with Crippen LogP contribution in [0.1, 0.15) is 39.0 Å². The Hall–Kier alpha value is -2.16. The van der Waals surface area contributed by atoms with Crippen LogP contribution in [0.15, 0.2) is 60.7 Å². The first-order chi connectivity index (χ1) is 10.7. The zero-order valence-corrected chi connectivity index (χ0v) is 13.1. The molecule has 0 bridgehead atoms. The summed E-state index contributed by atoms with van der Waals surface area (Å²) in [6, 6.07) is 17.6. The van der Waals surface area contributed by atoms with E-state index in [0.29, 0.717) is 5.69 Å². The smallest absolute Gasteiger partial charge is 0.221 e. The number of hydrogen-bond acceptors (Lipinski definition) is 1. The molecular weight excluding hydrogens is 277 g/mol. The molecule has 0 unspecified atom stereocenters. The first kappa shape index (κ1) is 17.9. The SMILES string of the molecule is C1CCCC1.CC(=O)Nc1ccc(F)cc1.c1ccccc1. The first-order valence-corrected chi connectivity index (χ1v) is 7.71. The molecule has 2 aromatic carbocycles. The summed E-state index contributed by atoms with van der Waals surface area (Å²) in [5, 5.41) is 2.53. The van der Waals surface area contributed by atoms with Crippen LogP contribution in [0.25, 0.3) is 0 Å². The molecule has 0 heterocycles. The van der Waals surface area contributed by atoms with Gasteiger partial charge in [-0.25, -0.2) is 4.39 Å². The number of carbonyl (C=O) groups is 1. The predicted octanol–water partition coefficient (Wildman–Crippen LogP) is 5.42. The highest BCUT2D eigenvalue weighted by Crippen LogP contribution is 2.15. The number of carbonyl (C=O) groups excluding carboxylic acids is 1. The standard InChI is InChI=1S/C8H8FNO.C6H6.C5H10/c1-6(11)10-8-4-2-7(9)3-5-8;1-2-4-6-5-3-1;1-2-4-5-3-1/h2-5H,1H3,(H,10,11);1-6H;1-5H2. The summed E-state index contributed by atoms with van der Waals surface area (Å²) in [7, 11) is 0. The summed E-state index contributed by atoms with van der Waals surface area (Å²) in [6.07, 6.45) is 7.50. The minimum Gasteiger partial charge on any atom is -0.326 e. The highest BCUT2D eigenvalue weighted by Gasteiger charge is 1.95. The van der Waals surface area contributed by atoms with Crippen LogP contribution in [0.5, 0.6) is 0 Å². The minimum absolute atomic E-state index is 0.156. The van der Waals surface area contributed by atoms with Crippen molar-refractivity contribution in [3.05, 3.63) is 66.5 Å². The van der Waals surface area contributed by atoms with Gasteiger partial charge in [0.1, 0.15) is 5.82 Å². The van der Waals surface area contributed by atoms with Crippen LogP contribution < -0.4 is 5.32 Å². The van der Waals surface area contributed by atoms with Gasteiger partial charge in [0, 0.05) is 12.6 Å². The van der Waals surface area contributed by atoms with Gasteiger partial charge >= 0.3 is 0 Å². The van der Waals surface area contributed by atoms with Gasteiger partial charge in [-0.05, 0) is 24.3 Å². The van der Waals surface area contributed by atoms with E-state index in [1.54, 1.807) is 0 Å². The van der Waals surface area contributed by atoms with Crippen LogP contribution in [0, 0.1) is 5.82 Å². The zero-order valence-electron chi connectivity index (χ0n) is 13.1. The van der Waals surface area contributed by atoms with Gasteiger partial charge in [0.25, 0.3) is 0 Å². The lowest BCUT2D eigenvalue weighted by Gasteiger charge is -1.99. The second-order valence-electron chi connectivity index (χ2n) is 5.11. The maximum absolute atomic E-state index is 12.3. The van der Waals surface area contributed by atoms with Crippen molar-refractivity contribution in [2.24, 2.45) is 0 Å². The molecule has 22 heavy (non-hydrogen) atoms. The van der Waals surface area contributed by atoms with Gasteiger partial charge in [-0.2, -0.15) is 0 Å². The van der Waals surface area contributed by atoms with Crippen LogP contribution in [0.4, 0.5) is 10.1 Å². The number of anilines is 1. The monoisotopic (exact) mass is 301 g/mol. The highest BCUT2D eigenvalue weighted by molar-refractivity contribution is 5.88. The largest absolute Gasteiger partial charge is 0.326 e. The maximum Gasteiger partial charge on any atom is 0.221 e. The Morgan fingerprint density at radius 2 is 1.18 bits per heavy atom. The molecule has 1 saturated carbocycles. The van der Waals surface area contributed by atoms with E-state index in [0.717, 1.165) is 0 Å². The Balaban J connectivity index is 0.000000184. The first-order valence-electron chi connectivity index (χ1n) is 7.71. The molecule has 0 aliphatic heterocycles. The molecule has 0 atom stereocenters. The number of amides is 1. The molecule has 1 amide bonds. The van der Waals surface area contributed by atoms with Crippen molar-refractivity contribution in [2.45, 2.75) is 39.0 Å². The van der Waals surface area contributed by atoms with Crippen LogP contribution in [0.3, 0.4) is 0 Å². The molecule has 0 radical (unpaired) electrons. The molecular formula is C19H24FNO. The summed E-state index contributed by atoms with van der Waals surface area (Å²) in [5.41, 5.74) is 0.610. The van der Waals surface area contributed by atoms with E-state index < -0.39 is 0 Å². The van der Waals surface area contributed by atoms with Crippen molar-refractivity contribution in [1.82, 2.24) is 0 Å². The Morgan fingerprint density at radius 1 is 0.818 bits per heavy atom. The Bertz CT molecular complexity index is 472. The van der Waals surface area contributed by atoms with E-state index in [2.05, 4.69) is 5.32 Å². The van der Waals surface area contributed by atoms with Gasteiger partial charge < -0.3 is 5.32 Å². The zero-order chi connectivity index (χ0) is 16.0. The molecule has 3 rings (SSSR count). The third kappa shape index (κ3) is 9.70. The average molecular weight is 301 g/mol. The van der Waals surface area contributed by atoms with Gasteiger partial charge in [0.05, 0.1) is 0 Å². The third-order valence-corrected chi connectivity index (χ3v) is 3.08. The lowest BCUT2D eigenvalue weighted by Crippen LogP contribution is -2.05. The van der Waals surface area contributed by atoms with Crippen LogP contribution in [-0.2, 0) is 4.79 Å². The fourth-order valence-corrected chi connectivity index (χ4v) is 2.01. The van der Waals surface area contributed by atoms with Crippen LogP contribution >= 0.6 is 0 Å². The molecule has 1 fully saturated rings. The van der Waals surface area contributed by atoms with Crippen molar-refractivity contribution in [1.29, 1.82) is 0 Å². The van der Waals surface area contributed by atoms with E-state index in [1.807, 2.05) is 36.4 Å². The molecule has 0 saturated heterocycles. The van der Waals surface area contributed by atoms with E-state index in [-0.39, 0.29) is 11.7 Å². The van der Waals surface area contributed by atoms with Crippen molar-refractivity contribution in [3.63, 3.8) is 0 Å².